The predicted octanol–water partition coefficient (Wildman–Crippen LogP) is 1.73. The summed E-state index contributed by atoms with van der Waals surface area (Å²) in [6.45, 7) is 1.83. The fourth-order valence-corrected chi connectivity index (χ4v) is 3.89. The van der Waals surface area contributed by atoms with E-state index in [4.69, 9.17) is 11.6 Å². The Hall–Kier alpha value is -2.64. The molecule has 0 fully saturated rings. The fourth-order valence-electron chi connectivity index (χ4n) is 2.76. The number of hydrogen-bond donors (Lipinski definition) is 2. The number of rotatable bonds is 6. The van der Waals surface area contributed by atoms with Crippen molar-refractivity contribution in [3.05, 3.63) is 55.3 Å². The molecule has 0 bridgehead atoms. The second kappa shape index (κ2) is 8.85. The van der Waals surface area contributed by atoms with Crippen molar-refractivity contribution in [1.82, 2.24) is 18.6 Å². The average molecular weight is 483 g/mol. The molecule has 0 aliphatic heterocycles. The van der Waals surface area contributed by atoms with Gasteiger partial charge in [-0.05, 0) is 24.1 Å². The Morgan fingerprint density at radius 3 is 2.45 bits per heavy atom. The molecule has 170 valence electrons. The van der Waals surface area contributed by atoms with Gasteiger partial charge in [0.2, 0.25) is 0 Å². The van der Waals surface area contributed by atoms with Gasteiger partial charge in [0.15, 0.2) is 0 Å². The van der Waals surface area contributed by atoms with Crippen LogP contribution in [0.5, 0.6) is 0 Å². The highest BCUT2D eigenvalue weighted by atomic mass is 35.5. The Labute approximate surface area is 179 Å². The van der Waals surface area contributed by atoms with Gasteiger partial charge in [0, 0.05) is 20.6 Å². The van der Waals surface area contributed by atoms with Crippen molar-refractivity contribution in [3.8, 4) is 11.1 Å². The van der Waals surface area contributed by atoms with Gasteiger partial charge in [-0.3, -0.25) is 19.1 Å². The number of benzene rings is 1. The maximum Gasteiger partial charge on any atom is 0.432 e. The molecular weight excluding hydrogens is 465 g/mol. The van der Waals surface area contributed by atoms with Crippen molar-refractivity contribution < 1.29 is 26.4 Å². The summed E-state index contributed by atoms with van der Waals surface area (Å²) in [5, 5.41) is -0.260. The van der Waals surface area contributed by atoms with Gasteiger partial charge in [0.25, 0.3) is 11.5 Å². The topological polar surface area (TPSA) is 121 Å². The quantitative estimate of drug-likeness (QED) is 0.649. The lowest BCUT2D eigenvalue weighted by Crippen LogP contribution is -2.41. The minimum atomic E-state index is -5.08. The normalized spacial score (nSPS) is 12.3. The zero-order chi connectivity index (χ0) is 23.7. The molecule has 1 aromatic heterocycles. The number of alkyl halides is 3. The van der Waals surface area contributed by atoms with Crippen LogP contribution in [0.1, 0.15) is 29.4 Å². The highest BCUT2D eigenvalue weighted by Crippen LogP contribution is 2.35. The average Bonchev–Trinajstić information content (AvgIpc) is 2.63. The first kappa shape index (κ1) is 24.6. The predicted molar refractivity (Wildman–Crippen MR) is 107 cm³/mol. The molecule has 31 heavy (non-hydrogen) atoms. The highest BCUT2D eigenvalue weighted by molar-refractivity contribution is 7.87. The van der Waals surface area contributed by atoms with Crippen LogP contribution in [0.3, 0.4) is 0 Å². The summed E-state index contributed by atoms with van der Waals surface area (Å²) in [5.41, 5.74) is -5.94. The lowest BCUT2D eigenvalue weighted by atomic mass is 10.0. The van der Waals surface area contributed by atoms with Crippen LogP contribution in [0.15, 0.2) is 27.8 Å². The molecule has 0 saturated carbocycles. The van der Waals surface area contributed by atoms with Crippen LogP contribution in [0, 0.1) is 0 Å². The monoisotopic (exact) mass is 482 g/mol. The van der Waals surface area contributed by atoms with E-state index in [1.807, 2.05) is 0 Å². The number of H-pyrrole nitrogens is 1. The summed E-state index contributed by atoms with van der Waals surface area (Å²) < 4.78 is 68.0. The molecule has 2 N–H and O–H groups in total. The van der Waals surface area contributed by atoms with Gasteiger partial charge in [-0.1, -0.05) is 24.6 Å². The molecule has 1 heterocycles. The summed E-state index contributed by atoms with van der Waals surface area (Å²) in [5.74, 6) is -1.20. The highest BCUT2D eigenvalue weighted by Gasteiger charge is 2.38. The third-order valence-electron chi connectivity index (χ3n) is 4.26. The number of halogens is 4. The van der Waals surface area contributed by atoms with Gasteiger partial charge < -0.3 is 0 Å². The van der Waals surface area contributed by atoms with Crippen LogP contribution in [0.2, 0.25) is 5.02 Å². The van der Waals surface area contributed by atoms with E-state index < -0.39 is 55.9 Å². The zero-order valence-corrected chi connectivity index (χ0v) is 18.1. The first-order chi connectivity index (χ1) is 14.2. The van der Waals surface area contributed by atoms with Crippen molar-refractivity contribution in [2.24, 2.45) is 7.05 Å². The molecule has 0 spiro atoms. The number of hydrogen-bond acceptors (Lipinski definition) is 5. The van der Waals surface area contributed by atoms with Gasteiger partial charge in [-0.15, -0.1) is 0 Å². The lowest BCUT2D eigenvalue weighted by molar-refractivity contribution is -0.143. The van der Waals surface area contributed by atoms with Crippen molar-refractivity contribution in [3.63, 3.8) is 0 Å². The number of nitrogens with zero attached hydrogens (tertiary/aromatic N) is 2. The van der Waals surface area contributed by atoms with E-state index in [0.717, 1.165) is 29.6 Å². The molecule has 1 amide bonds. The fraction of sp³-hybridized carbons (Fsp3) is 0.353. The number of aromatic amines is 1. The van der Waals surface area contributed by atoms with Crippen LogP contribution in [0.4, 0.5) is 13.2 Å². The van der Waals surface area contributed by atoms with Crippen LogP contribution in [0.25, 0.3) is 11.1 Å². The third kappa shape index (κ3) is 5.17. The van der Waals surface area contributed by atoms with Gasteiger partial charge in [-0.2, -0.15) is 25.9 Å². The molecule has 0 atom stereocenters. The first-order valence-electron chi connectivity index (χ1n) is 8.69. The van der Waals surface area contributed by atoms with Crippen LogP contribution >= 0.6 is 11.6 Å². The molecule has 0 aliphatic carbocycles. The molecule has 0 saturated heterocycles. The van der Waals surface area contributed by atoms with Gasteiger partial charge in [-0.25, -0.2) is 9.52 Å². The standard InChI is InChI=1S/C17H18ClF3N4O5S/c1-4-7-24(2)31(29,30)23-14(26)10-8-9(5-6-11(10)18)12-13(17(19,20)21)25(3)16(28)22-15(12)27/h5-6,8H,4,7H2,1-3H3,(H,23,26)(H,22,27,28). The summed E-state index contributed by atoms with van der Waals surface area (Å²) in [6, 6.07) is 2.93. The van der Waals surface area contributed by atoms with E-state index in [-0.39, 0.29) is 16.1 Å². The summed E-state index contributed by atoms with van der Waals surface area (Å²) in [4.78, 5) is 38.1. The number of carbonyl (C=O) groups excluding carboxylic acids is 1. The maximum atomic E-state index is 13.6. The Morgan fingerprint density at radius 1 is 1.29 bits per heavy atom. The molecule has 2 rings (SSSR count). The molecule has 0 radical (unpaired) electrons. The molecule has 0 aliphatic rings. The summed E-state index contributed by atoms with van der Waals surface area (Å²) in [7, 11) is -2.18. The van der Waals surface area contributed by atoms with E-state index in [9.17, 15) is 36.0 Å². The molecule has 9 nitrogen and oxygen atoms in total. The van der Waals surface area contributed by atoms with E-state index in [2.05, 4.69) is 0 Å². The third-order valence-corrected chi connectivity index (χ3v) is 6.04. The lowest BCUT2D eigenvalue weighted by Gasteiger charge is -2.18. The van der Waals surface area contributed by atoms with Gasteiger partial charge in [0.1, 0.15) is 5.69 Å². The van der Waals surface area contributed by atoms with Crippen molar-refractivity contribution in [2.45, 2.75) is 19.5 Å². The summed E-state index contributed by atoms with van der Waals surface area (Å²) >= 11 is 5.94. The smallest absolute Gasteiger partial charge is 0.292 e. The van der Waals surface area contributed by atoms with Gasteiger partial charge >= 0.3 is 22.1 Å². The number of aromatic nitrogens is 2. The van der Waals surface area contributed by atoms with E-state index in [1.54, 1.807) is 16.6 Å². The number of nitrogens with one attached hydrogen (secondary N) is 2. The largest absolute Gasteiger partial charge is 0.432 e. The molecule has 1 aromatic carbocycles. The van der Waals surface area contributed by atoms with Crippen LogP contribution < -0.4 is 16.0 Å². The van der Waals surface area contributed by atoms with Crippen molar-refractivity contribution in [1.29, 1.82) is 0 Å². The van der Waals surface area contributed by atoms with Crippen molar-refractivity contribution in [2.75, 3.05) is 13.6 Å². The maximum absolute atomic E-state index is 13.6. The summed E-state index contributed by atoms with van der Waals surface area (Å²) in [6.07, 6.45) is -4.61. The molecule has 2 aromatic rings. The SMILES string of the molecule is CCCN(C)S(=O)(=O)NC(=O)c1cc(-c2c(C(F)(F)F)n(C)c(=O)[nH]c2=O)ccc1Cl. The minimum Gasteiger partial charge on any atom is -0.292 e. The molecule has 0 unspecified atom stereocenters. The van der Waals surface area contributed by atoms with E-state index in [1.165, 1.54) is 7.05 Å². The van der Waals surface area contributed by atoms with Crippen LogP contribution in [-0.4, -0.2) is 41.8 Å². The zero-order valence-electron chi connectivity index (χ0n) is 16.5. The van der Waals surface area contributed by atoms with E-state index in [0.29, 0.717) is 6.42 Å². The van der Waals surface area contributed by atoms with Crippen LogP contribution in [-0.2, 0) is 23.4 Å². The van der Waals surface area contributed by atoms with Gasteiger partial charge in [0.05, 0.1) is 16.1 Å². The van der Waals surface area contributed by atoms with Crippen molar-refractivity contribution >= 4 is 27.7 Å². The first-order valence-corrected chi connectivity index (χ1v) is 10.5. The molecular formula is C17H18ClF3N4O5S. The second-order valence-electron chi connectivity index (χ2n) is 6.49. The Kier molecular flexibility index (Phi) is 7.03. The Bertz CT molecular complexity index is 1240. The minimum absolute atomic E-state index is 0.110. The number of amides is 1. The Balaban J connectivity index is 2.64. The number of carbonyl (C=O) groups is 1. The second-order valence-corrected chi connectivity index (χ2v) is 8.68. The molecule has 14 heteroatoms. The Morgan fingerprint density at radius 2 is 1.90 bits per heavy atom. The van der Waals surface area contributed by atoms with E-state index >= 15 is 0 Å².